The third kappa shape index (κ3) is 3.44. The molecule has 1 saturated carbocycles. The number of rotatable bonds is 6. The number of nitrogens with one attached hydrogen (secondary N) is 1. The van der Waals surface area contributed by atoms with Crippen molar-refractivity contribution in [2.24, 2.45) is 0 Å². The van der Waals surface area contributed by atoms with Gasteiger partial charge in [0.25, 0.3) is 0 Å². The van der Waals surface area contributed by atoms with Gasteiger partial charge in [0.2, 0.25) is 0 Å². The van der Waals surface area contributed by atoms with Crippen LogP contribution in [0.5, 0.6) is 5.75 Å². The highest BCUT2D eigenvalue weighted by Gasteiger charge is 2.28. The Morgan fingerprint density at radius 1 is 1.36 bits per heavy atom. The molecule has 1 aliphatic rings. The molecule has 0 saturated heterocycles. The average molecular weight is 325 g/mol. The van der Waals surface area contributed by atoms with E-state index in [1.807, 2.05) is 0 Å². The Balaban J connectivity index is 1.70. The van der Waals surface area contributed by atoms with E-state index in [0.29, 0.717) is 23.1 Å². The fourth-order valence-corrected chi connectivity index (χ4v) is 3.55. The maximum absolute atomic E-state index is 13.6. The third-order valence-electron chi connectivity index (χ3n) is 3.45. The predicted molar refractivity (Wildman–Crippen MR) is 77.6 cm³/mol. The lowest BCUT2D eigenvalue weighted by atomic mass is 10.2. The number of hydrogen-bond donors (Lipinski definition) is 1. The number of aromatic amines is 1. The first kappa shape index (κ1) is 15.0. The van der Waals surface area contributed by atoms with Crippen molar-refractivity contribution in [1.29, 1.82) is 0 Å². The first-order valence-corrected chi connectivity index (χ1v) is 8.73. The Morgan fingerprint density at radius 3 is 2.77 bits per heavy atom. The molecule has 6 nitrogen and oxygen atoms in total. The molecule has 118 valence electrons. The summed E-state index contributed by atoms with van der Waals surface area (Å²) in [6.45, 7) is 0. The van der Waals surface area contributed by atoms with Crippen LogP contribution in [0.1, 0.15) is 36.0 Å². The summed E-state index contributed by atoms with van der Waals surface area (Å²) >= 11 is 0. The van der Waals surface area contributed by atoms with Crippen molar-refractivity contribution < 1.29 is 17.5 Å². The van der Waals surface area contributed by atoms with E-state index in [1.165, 1.54) is 25.3 Å². The summed E-state index contributed by atoms with van der Waals surface area (Å²) in [6, 6.07) is 4.13. The van der Waals surface area contributed by atoms with E-state index in [9.17, 15) is 12.8 Å². The summed E-state index contributed by atoms with van der Waals surface area (Å²) in [6.07, 6.45) is 2.10. The normalized spacial score (nSPS) is 15.0. The zero-order chi connectivity index (χ0) is 15.7. The van der Waals surface area contributed by atoms with E-state index in [2.05, 4.69) is 15.2 Å². The largest absolute Gasteiger partial charge is 0.494 e. The maximum Gasteiger partial charge on any atom is 0.165 e. The molecule has 0 bridgehead atoms. The molecular formula is C14H16FN3O3S. The quantitative estimate of drug-likeness (QED) is 0.877. The fourth-order valence-electron chi connectivity index (χ4n) is 2.21. The standard InChI is InChI=1S/C14H16FN3O3S/c1-21-12-5-2-9(6-11(12)15)7-22(19,20)8-13-16-14(18-17-13)10-3-4-10/h2,5-6,10H,3-4,7-8H2,1H3,(H,16,17,18). The molecule has 1 N–H and O–H groups in total. The van der Waals surface area contributed by atoms with E-state index in [-0.39, 0.29) is 17.3 Å². The Hall–Kier alpha value is -1.96. The summed E-state index contributed by atoms with van der Waals surface area (Å²) in [5.41, 5.74) is 0.375. The van der Waals surface area contributed by atoms with Gasteiger partial charge in [0.15, 0.2) is 27.2 Å². The monoisotopic (exact) mass is 325 g/mol. The zero-order valence-electron chi connectivity index (χ0n) is 12.0. The van der Waals surface area contributed by atoms with Gasteiger partial charge in [0.05, 0.1) is 12.9 Å². The van der Waals surface area contributed by atoms with Crippen LogP contribution in [0.25, 0.3) is 0 Å². The first-order chi connectivity index (χ1) is 10.5. The number of benzene rings is 1. The second-order valence-electron chi connectivity index (χ2n) is 5.42. The van der Waals surface area contributed by atoms with Gasteiger partial charge in [-0.25, -0.2) is 17.8 Å². The molecule has 1 aromatic carbocycles. The highest BCUT2D eigenvalue weighted by Crippen LogP contribution is 2.37. The number of halogens is 1. The summed E-state index contributed by atoms with van der Waals surface area (Å²) in [4.78, 5) is 4.20. The number of sulfone groups is 1. The minimum atomic E-state index is -3.46. The van der Waals surface area contributed by atoms with Crippen LogP contribution in [-0.4, -0.2) is 30.7 Å². The lowest BCUT2D eigenvalue weighted by Crippen LogP contribution is -2.09. The van der Waals surface area contributed by atoms with Crippen LogP contribution in [0, 0.1) is 5.82 Å². The van der Waals surface area contributed by atoms with Crippen molar-refractivity contribution in [2.45, 2.75) is 30.3 Å². The highest BCUT2D eigenvalue weighted by molar-refractivity contribution is 7.89. The summed E-state index contributed by atoms with van der Waals surface area (Å²) in [7, 11) is -2.10. The molecule has 0 radical (unpaired) electrons. The molecule has 1 fully saturated rings. The van der Waals surface area contributed by atoms with Gasteiger partial charge in [-0.2, -0.15) is 5.10 Å². The molecule has 0 aliphatic heterocycles. The second kappa shape index (κ2) is 5.68. The smallest absolute Gasteiger partial charge is 0.165 e. The van der Waals surface area contributed by atoms with Crippen LogP contribution in [0.2, 0.25) is 0 Å². The molecule has 1 heterocycles. The Kier molecular flexibility index (Phi) is 3.86. The van der Waals surface area contributed by atoms with Gasteiger partial charge in [-0.1, -0.05) is 6.07 Å². The summed E-state index contributed by atoms with van der Waals surface area (Å²) in [5, 5.41) is 6.69. The van der Waals surface area contributed by atoms with Crippen molar-refractivity contribution in [3.63, 3.8) is 0 Å². The van der Waals surface area contributed by atoms with Gasteiger partial charge in [0, 0.05) is 5.92 Å². The third-order valence-corrected chi connectivity index (χ3v) is 4.94. The molecule has 1 aliphatic carbocycles. The van der Waals surface area contributed by atoms with Gasteiger partial charge in [-0.3, -0.25) is 5.10 Å². The molecule has 0 atom stereocenters. The van der Waals surface area contributed by atoms with Crippen molar-refractivity contribution in [1.82, 2.24) is 15.2 Å². The van der Waals surface area contributed by atoms with E-state index in [0.717, 1.165) is 12.8 Å². The number of nitrogens with zero attached hydrogens (tertiary/aromatic N) is 2. The highest BCUT2D eigenvalue weighted by atomic mass is 32.2. The summed E-state index contributed by atoms with van der Waals surface area (Å²) in [5.74, 6) is 0.393. The Bertz CT molecular complexity index is 784. The van der Waals surface area contributed by atoms with Crippen LogP contribution >= 0.6 is 0 Å². The SMILES string of the molecule is COc1ccc(CS(=O)(=O)Cc2nc(C3CC3)n[nH]2)cc1F. The van der Waals surface area contributed by atoms with Crippen molar-refractivity contribution >= 4 is 9.84 Å². The molecule has 22 heavy (non-hydrogen) atoms. The molecule has 0 spiro atoms. The van der Waals surface area contributed by atoms with Crippen molar-refractivity contribution in [3.8, 4) is 5.75 Å². The summed E-state index contributed by atoms with van der Waals surface area (Å²) < 4.78 is 42.8. The maximum atomic E-state index is 13.6. The minimum absolute atomic E-state index is 0.0884. The van der Waals surface area contributed by atoms with Crippen LogP contribution < -0.4 is 4.74 Å². The Labute approximate surface area is 127 Å². The zero-order valence-corrected chi connectivity index (χ0v) is 12.9. The van der Waals surface area contributed by atoms with Gasteiger partial charge >= 0.3 is 0 Å². The molecule has 1 aromatic heterocycles. The van der Waals surface area contributed by atoms with Crippen LogP contribution in [0.15, 0.2) is 18.2 Å². The molecule has 2 aromatic rings. The fraction of sp³-hybridized carbons (Fsp3) is 0.429. The number of H-pyrrole nitrogens is 1. The number of methoxy groups -OCH3 is 1. The van der Waals surface area contributed by atoms with Crippen LogP contribution in [0.4, 0.5) is 4.39 Å². The average Bonchev–Trinajstić information content (AvgIpc) is 3.19. The topological polar surface area (TPSA) is 84.9 Å². The lowest BCUT2D eigenvalue weighted by Gasteiger charge is -2.05. The Morgan fingerprint density at radius 2 is 2.14 bits per heavy atom. The second-order valence-corrected chi connectivity index (χ2v) is 7.48. The number of aromatic nitrogens is 3. The molecular weight excluding hydrogens is 309 g/mol. The molecule has 0 amide bonds. The van der Waals surface area contributed by atoms with Crippen molar-refractivity contribution in [3.05, 3.63) is 41.2 Å². The van der Waals surface area contributed by atoms with Gasteiger partial charge in [0.1, 0.15) is 11.6 Å². The van der Waals surface area contributed by atoms with E-state index >= 15 is 0 Å². The van der Waals surface area contributed by atoms with Gasteiger partial charge in [-0.05, 0) is 30.5 Å². The van der Waals surface area contributed by atoms with Crippen molar-refractivity contribution in [2.75, 3.05) is 7.11 Å². The number of hydrogen-bond acceptors (Lipinski definition) is 5. The van der Waals surface area contributed by atoms with Crippen LogP contribution in [0.3, 0.4) is 0 Å². The lowest BCUT2D eigenvalue weighted by molar-refractivity contribution is 0.386. The molecule has 3 rings (SSSR count). The van der Waals surface area contributed by atoms with E-state index in [1.54, 1.807) is 0 Å². The van der Waals surface area contributed by atoms with Gasteiger partial charge in [-0.15, -0.1) is 0 Å². The first-order valence-electron chi connectivity index (χ1n) is 6.91. The minimum Gasteiger partial charge on any atom is -0.494 e. The molecule has 8 heteroatoms. The molecule has 0 unspecified atom stereocenters. The predicted octanol–water partition coefficient (Wildman–Crippen LogP) is 1.94. The van der Waals surface area contributed by atoms with E-state index in [4.69, 9.17) is 4.74 Å². The van der Waals surface area contributed by atoms with E-state index < -0.39 is 15.7 Å². The number of ether oxygens (including phenoxy) is 1. The van der Waals surface area contributed by atoms with Gasteiger partial charge < -0.3 is 4.74 Å². The van der Waals surface area contributed by atoms with Crippen LogP contribution in [-0.2, 0) is 21.3 Å².